The van der Waals surface area contributed by atoms with Crippen LogP contribution in [0.4, 0.5) is 11.4 Å². The van der Waals surface area contributed by atoms with Gasteiger partial charge in [0.1, 0.15) is 6.04 Å². The van der Waals surface area contributed by atoms with E-state index in [1.807, 2.05) is 65.8 Å². The van der Waals surface area contributed by atoms with Gasteiger partial charge in [0.15, 0.2) is 13.2 Å². The number of hydrogen-bond donors (Lipinski definition) is 2. The van der Waals surface area contributed by atoms with Gasteiger partial charge in [-0.1, -0.05) is 38.1 Å². The summed E-state index contributed by atoms with van der Waals surface area (Å²) in [5.74, 6) is -4.53. The summed E-state index contributed by atoms with van der Waals surface area (Å²) in [6.45, 7) is 9.88. The molecule has 240 valence electrons. The number of esters is 2. The van der Waals surface area contributed by atoms with Gasteiger partial charge in [-0.25, -0.2) is 9.59 Å². The van der Waals surface area contributed by atoms with Gasteiger partial charge in [-0.05, 0) is 92.6 Å². The number of nitrogens with one attached hydrogen (secondary N) is 2. The smallest absolute Gasteiger partial charge is 0.338 e. The minimum absolute atomic E-state index is 0.00318. The molecule has 4 amide bonds. The van der Waals surface area contributed by atoms with Crippen LogP contribution in [0.1, 0.15) is 73.6 Å². The van der Waals surface area contributed by atoms with Gasteiger partial charge in [0.25, 0.3) is 23.6 Å². The number of aryl methyl sites for hydroxylation is 4. The van der Waals surface area contributed by atoms with Gasteiger partial charge in [0.2, 0.25) is 0 Å². The average Bonchev–Trinajstić information content (AvgIpc) is 3.25. The largest absolute Gasteiger partial charge is 0.454 e. The maximum Gasteiger partial charge on any atom is 0.338 e. The molecule has 0 aromatic heterocycles. The first-order valence-corrected chi connectivity index (χ1v) is 14.8. The minimum atomic E-state index is -1.30. The minimum Gasteiger partial charge on any atom is -0.454 e. The molecule has 1 atom stereocenters. The fourth-order valence-corrected chi connectivity index (χ4v) is 4.98. The van der Waals surface area contributed by atoms with Gasteiger partial charge in [-0.3, -0.25) is 24.1 Å². The third-order valence-corrected chi connectivity index (χ3v) is 7.45. The lowest BCUT2D eigenvalue weighted by Gasteiger charge is -2.25. The highest BCUT2D eigenvalue weighted by atomic mass is 16.5. The Balaban J connectivity index is 1.42. The zero-order valence-corrected chi connectivity index (χ0v) is 26.7. The molecule has 3 aromatic carbocycles. The first kappa shape index (κ1) is 33.6. The molecule has 11 heteroatoms. The Bertz CT molecular complexity index is 1730. The third kappa shape index (κ3) is 7.84. The molecule has 0 radical (unpaired) electrons. The molecule has 0 spiro atoms. The number of rotatable bonds is 11. The summed E-state index contributed by atoms with van der Waals surface area (Å²) in [5.41, 5.74) is 4.61. The Morgan fingerprint density at radius 2 is 1.22 bits per heavy atom. The second kappa shape index (κ2) is 14.2. The fourth-order valence-electron chi connectivity index (χ4n) is 4.98. The highest BCUT2D eigenvalue weighted by molar-refractivity contribution is 6.23. The molecule has 0 bridgehead atoms. The van der Waals surface area contributed by atoms with E-state index in [4.69, 9.17) is 9.47 Å². The topological polar surface area (TPSA) is 148 Å². The number of carbonyl (C=O) groups is 6. The molecule has 0 saturated heterocycles. The maximum absolute atomic E-state index is 13.5. The van der Waals surface area contributed by atoms with Gasteiger partial charge in [0.05, 0.1) is 16.7 Å². The van der Waals surface area contributed by atoms with E-state index in [-0.39, 0.29) is 29.0 Å². The fraction of sp³-hybridized carbons (Fsp3) is 0.314. The monoisotopic (exact) mass is 627 g/mol. The number of amides is 4. The first-order valence-electron chi connectivity index (χ1n) is 14.8. The van der Waals surface area contributed by atoms with E-state index < -0.39 is 54.8 Å². The van der Waals surface area contributed by atoms with Crippen molar-refractivity contribution in [3.8, 4) is 0 Å². The molecular formula is C35H37N3O8. The Morgan fingerprint density at radius 3 is 1.76 bits per heavy atom. The SMILES string of the molecule is Cc1ccc(C)c(NC(=O)COC(=O)c2ccc3c(c2)C(=O)N(C(CC(C)C)C(=O)OCC(=O)Nc2cc(C)ccc2C)C3=O)c1. The molecule has 1 heterocycles. The standard InChI is InChI=1S/C35H37N3O8/c1-19(2)13-29(35(44)46-18-31(40)37-28-15-21(4)8-10-23(28)6)38-32(41)25-12-11-24(16-26(25)33(38)42)34(43)45-17-30(39)36-27-14-20(3)7-9-22(27)5/h7-12,14-16,19,29H,13,17-18H2,1-6H3,(H,36,39)(H,37,40). The molecule has 4 rings (SSSR count). The molecule has 46 heavy (non-hydrogen) atoms. The first-order chi connectivity index (χ1) is 21.7. The molecule has 3 aromatic rings. The Morgan fingerprint density at radius 1 is 0.696 bits per heavy atom. The number of imide groups is 1. The molecule has 2 N–H and O–H groups in total. The Kier molecular flexibility index (Phi) is 10.4. The number of hydrogen-bond acceptors (Lipinski definition) is 8. The van der Waals surface area contributed by atoms with Crippen LogP contribution in [0, 0.1) is 33.6 Å². The van der Waals surface area contributed by atoms with Crippen LogP contribution in [-0.4, -0.2) is 59.7 Å². The zero-order chi connectivity index (χ0) is 33.7. The van der Waals surface area contributed by atoms with E-state index in [0.29, 0.717) is 11.4 Å². The third-order valence-electron chi connectivity index (χ3n) is 7.45. The van der Waals surface area contributed by atoms with Crippen molar-refractivity contribution in [1.29, 1.82) is 0 Å². The van der Waals surface area contributed by atoms with Crippen LogP contribution in [0.3, 0.4) is 0 Å². The van der Waals surface area contributed by atoms with Crippen molar-refractivity contribution in [1.82, 2.24) is 4.90 Å². The number of anilines is 2. The summed E-state index contributed by atoms with van der Waals surface area (Å²) in [5, 5.41) is 5.41. The van der Waals surface area contributed by atoms with Crippen molar-refractivity contribution in [2.45, 2.75) is 54.0 Å². The molecule has 1 aliphatic heterocycles. The summed E-state index contributed by atoms with van der Waals surface area (Å²) in [6, 6.07) is 13.6. The van der Waals surface area contributed by atoms with Crippen LogP contribution < -0.4 is 10.6 Å². The molecule has 1 aliphatic rings. The summed E-state index contributed by atoms with van der Waals surface area (Å²) < 4.78 is 10.4. The van der Waals surface area contributed by atoms with Gasteiger partial charge in [-0.2, -0.15) is 0 Å². The van der Waals surface area contributed by atoms with E-state index >= 15 is 0 Å². The van der Waals surface area contributed by atoms with Gasteiger partial charge in [-0.15, -0.1) is 0 Å². The van der Waals surface area contributed by atoms with Crippen molar-refractivity contribution in [3.63, 3.8) is 0 Å². The second-order valence-corrected chi connectivity index (χ2v) is 11.8. The van der Waals surface area contributed by atoms with E-state index in [0.717, 1.165) is 27.2 Å². The number of fused-ring (bicyclic) bond motifs is 1. The van der Waals surface area contributed by atoms with Crippen LogP contribution in [0.5, 0.6) is 0 Å². The van der Waals surface area contributed by atoms with Crippen LogP contribution in [0.15, 0.2) is 54.6 Å². The average molecular weight is 628 g/mol. The lowest BCUT2D eigenvalue weighted by Crippen LogP contribution is -2.46. The summed E-state index contributed by atoms with van der Waals surface area (Å²) in [7, 11) is 0. The lowest BCUT2D eigenvalue weighted by molar-refractivity contribution is -0.151. The van der Waals surface area contributed by atoms with Crippen molar-refractivity contribution >= 4 is 46.9 Å². The molecule has 11 nitrogen and oxygen atoms in total. The van der Waals surface area contributed by atoms with E-state index in [1.54, 1.807) is 12.1 Å². The Hall–Kier alpha value is -5.32. The van der Waals surface area contributed by atoms with Crippen LogP contribution >= 0.6 is 0 Å². The normalized spacial score (nSPS) is 12.9. The van der Waals surface area contributed by atoms with Crippen molar-refractivity contribution in [2.75, 3.05) is 23.8 Å². The van der Waals surface area contributed by atoms with Crippen LogP contribution in [0.2, 0.25) is 0 Å². The molecule has 0 saturated carbocycles. The number of benzene rings is 3. The molecule has 0 aliphatic carbocycles. The summed E-state index contributed by atoms with van der Waals surface area (Å²) in [4.78, 5) is 78.6. The van der Waals surface area contributed by atoms with Gasteiger partial charge >= 0.3 is 11.9 Å². The second-order valence-electron chi connectivity index (χ2n) is 11.8. The number of carbonyl (C=O) groups excluding carboxylic acids is 6. The highest BCUT2D eigenvalue weighted by Gasteiger charge is 2.44. The number of ether oxygens (including phenoxy) is 2. The van der Waals surface area contributed by atoms with Crippen molar-refractivity contribution < 1.29 is 38.2 Å². The lowest BCUT2D eigenvalue weighted by atomic mass is 10.0. The maximum atomic E-state index is 13.5. The Labute approximate surface area is 267 Å². The predicted molar refractivity (Wildman–Crippen MR) is 171 cm³/mol. The van der Waals surface area contributed by atoms with Crippen molar-refractivity contribution in [2.24, 2.45) is 5.92 Å². The molecular weight excluding hydrogens is 590 g/mol. The molecule has 1 unspecified atom stereocenters. The highest BCUT2D eigenvalue weighted by Crippen LogP contribution is 2.29. The predicted octanol–water partition coefficient (Wildman–Crippen LogP) is 4.91. The van der Waals surface area contributed by atoms with Crippen molar-refractivity contribution in [3.05, 3.63) is 93.5 Å². The van der Waals surface area contributed by atoms with E-state index in [1.165, 1.54) is 18.2 Å². The quantitative estimate of drug-likeness (QED) is 0.225. The summed E-state index contributed by atoms with van der Waals surface area (Å²) >= 11 is 0. The summed E-state index contributed by atoms with van der Waals surface area (Å²) in [6.07, 6.45) is 0.0906. The van der Waals surface area contributed by atoms with Gasteiger partial charge in [0, 0.05) is 11.4 Å². The van der Waals surface area contributed by atoms with Crippen LogP contribution in [-0.2, 0) is 23.9 Å². The number of nitrogens with zero attached hydrogens (tertiary/aromatic N) is 1. The van der Waals surface area contributed by atoms with Crippen LogP contribution in [0.25, 0.3) is 0 Å². The van der Waals surface area contributed by atoms with E-state index in [9.17, 15) is 28.8 Å². The van der Waals surface area contributed by atoms with Gasteiger partial charge < -0.3 is 20.1 Å². The van der Waals surface area contributed by atoms with E-state index in [2.05, 4.69) is 10.6 Å². The molecule has 0 fully saturated rings. The zero-order valence-electron chi connectivity index (χ0n) is 26.7.